The second kappa shape index (κ2) is 5.66. The van der Waals surface area contributed by atoms with Gasteiger partial charge in [0.05, 0.1) is 5.56 Å². The molecule has 1 aromatic carbocycles. The molecule has 0 bridgehead atoms. The van der Waals surface area contributed by atoms with Crippen LogP contribution in [0.5, 0.6) is 0 Å². The Kier molecular flexibility index (Phi) is 4.13. The van der Waals surface area contributed by atoms with E-state index in [0.717, 1.165) is 17.8 Å². The van der Waals surface area contributed by atoms with Gasteiger partial charge in [-0.05, 0) is 31.2 Å². The molecule has 1 heterocycles. The molecule has 0 N–H and O–H groups in total. The van der Waals surface area contributed by atoms with E-state index in [4.69, 9.17) is 0 Å². The SMILES string of the molecule is CC(=O)c1ccc(Sc2ccncc2)c(C(F)(F)F)c1. The third-order valence-corrected chi connectivity index (χ3v) is 3.65. The standard InChI is InChI=1S/C14H10F3NOS/c1-9(19)10-2-3-13(12(8-10)14(15,16)17)20-11-4-6-18-7-5-11/h2-8H,1H3. The average molecular weight is 297 g/mol. The molecule has 0 amide bonds. The van der Waals surface area contributed by atoms with Crippen LogP contribution in [0.4, 0.5) is 13.2 Å². The first-order valence-electron chi connectivity index (χ1n) is 5.68. The fourth-order valence-electron chi connectivity index (χ4n) is 1.59. The zero-order valence-corrected chi connectivity index (χ0v) is 11.3. The van der Waals surface area contributed by atoms with Crippen LogP contribution < -0.4 is 0 Å². The Balaban J connectivity index is 2.45. The number of Topliss-reactive ketones (excluding diaryl/α,β-unsaturated/α-hetero) is 1. The summed E-state index contributed by atoms with van der Waals surface area (Å²) in [6.45, 7) is 1.24. The van der Waals surface area contributed by atoms with Crippen molar-refractivity contribution >= 4 is 17.5 Å². The molecule has 1 aromatic heterocycles. The summed E-state index contributed by atoms with van der Waals surface area (Å²) >= 11 is 0.990. The molecule has 0 spiro atoms. The Morgan fingerprint density at radius 1 is 1.15 bits per heavy atom. The van der Waals surface area contributed by atoms with Crippen molar-refractivity contribution in [2.24, 2.45) is 0 Å². The van der Waals surface area contributed by atoms with E-state index >= 15 is 0 Å². The lowest BCUT2D eigenvalue weighted by Gasteiger charge is -2.13. The zero-order valence-electron chi connectivity index (χ0n) is 10.4. The molecular formula is C14H10F3NOS. The predicted molar refractivity (Wildman–Crippen MR) is 69.8 cm³/mol. The summed E-state index contributed by atoms with van der Waals surface area (Å²) in [7, 11) is 0. The van der Waals surface area contributed by atoms with Crippen molar-refractivity contribution in [2.75, 3.05) is 0 Å². The highest BCUT2D eigenvalue weighted by Gasteiger charge is 2.34. The topological polar surface area (TPSA) is 30.0 Å². The van der Waals surface area contributed by atoms with Crippen LogP contribution in [-0.2, 0) is 6.18 Å². The van der Waals surface area contributed by atoms with Gasteiger partial charge in [-0.2, -0.15) is 13.2 Å². The maximum absolute atomic E-state index is 13.1. The number of benzene rings is 1. The number of rotatable bonds is 3. The van der Waals surface area contributed by atoms with Gasteiger partial charge in [-0.15, -0.1) is 0 Å². The van der Waals surface area contributed by atoms with Gasteiger partial charge in [0.25, 0.3) is 0 Å². The Morgan fingerprint density at radius 3 is 2.35 bits per heavy atom. The number of pyridine rings is 1. The van der Waals surface area contributed by atoms with Crippen molar-refractivity contribution in [1.82, 2.24) is 4.98 Å². The minimum absolute atomic E-state index is 0.0522. The van der Waals surface area contributed by atoms with Crippen molar-refractivity contribution in [1.29, 1.82) is 0 Å². The van der Waals surface area contributed by atoms with E-state index in [1.807, 2.05) is 0 Å². The summed E-state index contributed by atoms with van der Waals surface area (Å²) in [4.78, 5) is 15.7. The van der Waals surface area contributed by atoms with Crippen LogP contribution in [0.15, 0.2) is 52.5 Å². The van der Waals surface area contributed by atoms with Crippen molar-refractivity contribution < 1.29 is 18.0 Å². The number of alkyl halides is 3. The molecule has 0 saturated carbocycles. The number of hydrogen-bond donors (Lipinski definition) is 0. The zero-order chi connectivity index (χ0) is 14.8. The lowest BCUT2D eigenvalue weighted by atomic mass is 10.1. The molecule has 0 radical (unpaired) electrons. The van der Waals surface area contributed by atoms with Crippen molar-refractivity contribution in [3.63, 3.8) is 0 Å². The van der Waals surface area contributed by atoms with Gasteiger partial charge in [0, 0.05) is 27.7 Å². The summed E-state index contributed by atoms with van der Waals surface area (Å²) in [5.74, 6) is -0.393. The van der Waals surface area contributed by atoms with Gasteiger partial charge >= 0.3 is 6.18 Å². The average Bonchev–Trinajstić information content (AvgIpc) is 2.39. The Hall–Kier alpha value is -1.82. The molecule has 0 saturated heterocycles. The maximum atomic E-state index is 13.1. The van der Waals surface area contributed by atoms with E-state index in [-0.39, 0.29) is 10.5 Å². The van der Waals surface area contributed by atoms with E-state index < -0.39 is 17.5 Å². The van der Waals surface area contributed by atoms with Gasteiger partial charge in [-0.3, -0.25) is 9.78 Å². The number of halogens is 3. The smallest absolute Gasteiger partial charge is 0.295 e. The summed E-state index contributed by atoms with van der Waals surface area (Å²) in [5.41, 5.74) is -0.747. The summed E-state index contributed by atoms with van der Waals surface area (Å²) in [6, 6.07) is 6.88. The molecule has 2 nitrogen and oxygen atoms in total. The largest absolute Gasteiger partial charge is 0.417 e. The van der Waals surface area contributed by atoms with E-state index in [1.54, 1.807) is 12.1 Å². The molecule has 104 valence electrons. The highest BCUT2D eigenvalue weighted by atomic mass is 32.2. The van der Waals surface area contributed by atoms with Crippen LogP contribution in [0.1, 0.15) is 22.8 Å². The van der Waals surface area contributed by atoms with Crippen molar-refractivity contribution in [3.8, 4) is 0 Å². The van der Waals surface area contributed by atoms with Gasteiger partial charge in [0.2, 0.25) is 0 Å². The third-order valence-electron chi connectivity index (χ3n) is 2.57. The first-order chi connectivity index (χ1) is 9.38. The Morgan fingerprint density at radius 2 is 1.80 bits per heavy atom. The number of ketones is 1. The highest BCUT2D eigenvalue weighted by Crippen LogP contribution is 2.39. The number of hydrogen-bond acceptors (Lipinski definition) is 3. The molecule has 0 atom stereocenters. The summed E-state index contributed by atoms with van der Waals surface area (Å²) < 4.78 is 39.2. The first kappa shape index (κ1) is 14.6. The van der Waals surface area contributed by atoms with Crippen LogP contribution in [0, 0.1) is 0 Å². The van der Waals surface area contributed by atoms with Gasteiger partial charge in [-0.25, -0.2) is 0 Å². The third kappa shape index (κ3) is 3.39. The molecule has 0 aliphatic carbocycles. The molecule has 2 rings (SSSR count). The van der Waals surface area contributed by atoms with Crippen molar-refractivity contribution in [3.05, 3.63) is 53.9 Å². The van der Waals surface area contributed by atoms with Gasteiger partial charge in [0.15, 0.2) is 5.78 Å². The molecule has 0 aliphatic heterocycles. The number of aromatic nitrogens is 1. The van der Waals surface area contributed by atoms with Crippen LogP contribution in [0.2, 0.25) is 0 Å². The van der Waals surface area contributed by atoms with E-state index in [2.05, 4.69) is 4.98 Å². The fourth-order valence-corrected chi connectivity index (χ4v) is 2.53. The molecular weight excluding hydrogens is 287 g/mol. The molecule has 2 aromatic rings. The molecule has 0 aliphatic rings. The monoisotopic (exact) mass is 297 g/mol. The van der Waals surface area contributed by atoms with Crippen LogP contribution >= 0.6 is 11.8 Å². The molecule has 0 fully saturated rings. The Labute approximate surface area is 118 Å². The van der Waals surface area contributed by atoms with Crippen LogP contribution in [0.25, 0.3) is 0 Å². The normalized spacial score (nSPS) is 11.4. The maximum Gasteiger partial charge on any atom is 0.417 e. The van der Waals surface area contributed by atoms with Gasteiger partial charge in [-0.1, -0.05) is 17.8 Å². The number of carbonyl (C=O) groups is 1. The first-order valence-corrected chi connectivity index (χ1v) is 6.49. The predicted octanol–water partition coefficient (Wildman–Crippen LogP) is 4.45. The Bertz CT molecular complexity index is 626. The molecule has 0 unspecified atom stereocenters. The lowest BCUT2D eigenvalue weighted by Crippen LogP contribution is -2.08. The second-order valence-corrected chi connectivity index (χ2v) is 5.17. The molecule has 6 heteroatoms. The highest BCUT2D eigenvalue weighted by molar-refractivity contribution is 7.99. The quantitative estimate of drug-likeness (QED) is 0.784. The van der Waals surface area contributed by atoms with Crippen molar-refractivity contribution in [2.45, 2.75) is 22.9 Å². The van der Waals surface area contributed by atoms with Gasteiger partial charge in [0.1, 0.15) is 0 Å². The second-order valence-electron chi connectivity index (χ2n) is 4.05. The van der Waals surface area contributed by atoms with Crippen LogP contribution in [-0.4, -0.2) is 10.8 Å². The summed E-state index contributed by atoms with van der Waals surface area (Å²) in [6.07, 6.45) is -1.47. The minimum Gasteiger partial charge on any atom is -0.295 e. The summed E-state index contributed by atoms with van der Waals surface area (Å²) in [5, 5.41) is 0. The minimum atomic E-state index is -4.50. The molecule has 20 heavy (non-hydrogen) atoms. The van der Waals surface area contributed by atoms with Gasteiger partial charge < -0.3 is 0 Å². The van der Waals surface area contributed by atoms with Crippen LogP contribution in [0.3, 0.4) is 0 Å². The number of carbonyl (C=O) groups excluding carboxylic acids is 1. The number of nitrogens with zero attached hydrogens (tertiary/aromatic N) is 1. The van der Waals surface area contributed by atoms with E-state index in [0.29, 0.717) is 4.90 Å². The lowest BCUT2D eigenvalue weighted by molar-refractivity contribution is -0.139. The van der Waals surface area contributed by atoms with E-state index in [1.165, 1.54) is 31.5 Å². The fraction of sp³-hybridized carbons (Fsp3) is 0.143. The van der Waals surface area contributed by atoms with E-state index in [9.17, 15) is 18.0 Å².